The number of ketones is 1. The molecule has 2 unspecified atom stereocenters. The minimum absolute atomic E-state index is 0.00693. The molecule has 2 fully saturated rings. The molecule has 4 rings (SSSR count). The van der Waals surface area contributed by atoms with E-state index in [2.05, 4.69) is 29.2 Å². The Labute approximate surface area is 169 Å². The van der Waals surface area contributed by atoms with E-state index in [1.807, 2.05) is 6.07 Å². The lowest BCUT2D eigenvalue weighted by atomic mass is 9.75. The largest absolute Gasteiger partial charge is 0.416 e. The summed E-state index contributed by atoms with van der Waals surface area (Å²) >= 11 is 0. The molecular formula is C24H26F3NO. The average Bonchev–Trinajstić information content (AvgIpc) is 2.67. The summed E-state index contributed by atoms with van der Waals surface area (Å²) in [4.78, 5) is 15.7. The molecule has 2 bridgehead atoms. The second kappa shape index (κ2) is 7.94. The molecule has 0 aromatic heterocycles. The molecule has 2 heterocycles. The van der Waals surface area contributed by atoms with Gasteiger partial charge in [-0.15, -0.1) is 0 Å². The summed E-state index contributed by atoms with van der Waals surface area (Å²) < 4.78 is 38.8. The van der Waals surface area contributed by atoms with Crippen LogP contribution in [0.4, 0.5) is 13.2 Å². The van der Waals surface area contributed by atoms with Crippen LogP contribution in [0.3, 0.4) is 0 Å². The van der Waals surface area contributed by atoms with Crippen molar-refractivity contribution in [3.8, 4) is 0 Å². The van der Waals surface area contributed by atoms with Gasteiger partial charge >= 0.3 is 6.18 Å². The highest BCUT2D eigenvalue weighted by Crippen LogP contribution is 2.40. The standard InChI is InChI=1S/C24H26F3NO/c1-16-12-19(24(25,26)27)10-11-22(16)23(29)18-13-20-8-5-9-21(14-18)28(20)15-17-6-3-2-4-7-17/h2-4,6-7,10-12,18,20-21H,5,8-9,13-15H2,1H3. The molecule has 0 aliphatic carbocycles. The Balaban J connectivity index is 1.51. The van der Waals surface area contributed by atoms with Crippen LogP contribution < -0.4 is 0 Å². The summed E-state index contributed by atoms with van der Waals surface area (Å²) in [6.07, 6.45) is 0.552. The summed E-state index contributed by atoms with van der Waals surface area (Å²) in [6.45, 7) is 2.50. The van der Waals surface area contributed by atoms with Gasteiger partial charge in [-0.1, -0.05) is 42.8 Å². The van der Waals surface area contributed by atoms with Gasteiger partial charge in [0.25, 0.3) is 0 Å². The van der Waals surface area contributed by atoms with Gasteiger partial charge < -0.3 is 0 Å². The number of hydrogen-bond acceptors (Lipinski definition) is 2. The molecule has 0 spiro atoms. The zero-order valence-electron chi connectivity index (χ0n) is 16.6. The topological polar surface area (TPSA) is 20.3 Å². The van der Waals surface area contributed by atoms with E-state index in [9.17, 15) is 18.0 Å². The zero-order valence-corrected chi connectivity index (χ0v) is 16.6. The third kappa shape index (κ3) is 4.25. The summed E-state index contributed by atoms with van der Waals surface area (Å²) in [5.74, 6) is -0.0970. The van der Waals surface area contributed by atoms with E-state index >= 15 is 0 Å². The Bertz CT molecular complexity index is 863. The average molecular weight is 401 g/mol. The second-order valence-corrected chi connectivity index (χ2v) is 8.46. The van der Waals surface area contributed by atoms with Crippen molar-refractivity contribution >= 4 is 5.78 Å². The molecule has 0 N–H and O–H groups in total. The van der Waals surface area contributed by atoms with Crippen LogP contribution in [0, 0.1) is 12.8 Å². The number of benzene rings is 2. The first-order valence-corrected chi connectivity index (χ1v) is 10.3. The molecule has 2 saturated heterocycles. The smallest absolute Gasteiger partial charge is 0.294 e. The molecule has 2 aromatic rings. The summed E-state index contributed by atoms with van der Waals surface area (Å²) in [6, 6.07) is 14.6. The van der Waals surface area contributed by atoms with Crippen molar-refractivity contribution in [2.24, 2.45) is 5.92 Å². The van der Waals surface area contributed by atoms with Crippen LogP contribution >= 0.6 is 0 Å². The maximum atomic E-state index is 13.2. The maximum Gasteiger partial charge on any atom is 0.416 e. The van der Waals surface area contributed by atoms with Crippen molar-refractivity contribution in [2.75, 3.05) is 0 Å². The van der Waals surface area contributed by atoms with Crippen molar-refractivity contribution in [3.05, 3.63) is 70.8 Å². The molecule has 2 atom stereocenters. The molecule has 0 radical (unpaired) electrons. The second-order valence-electron chi connectivity index (χ2n) is 8.46. The number of fused-ring (bicyclic) bond motifs is 2. The van der Waals surface area contributed by atoms with Crippen LogP contribution in [-0.4, -0.2) is 22.8 Å². The van der Waals surface area contributed by atoms with Gasteiger partial charge in [0.15, 0.2) is 5.78 Å². The highest BCUT2D eigenvalue weighted by atomic mass is 19.4. The molecule has 0 amide bonds. The Morgan fingerprint density at radius 2 is 1.69 bits per heavy atom. The van der Waals surface area contributed by atoms with Gasteiger partial charge in [-0.2, -0.15) is 13.2 Å². The summed E-state index contributed by atoms with van der Waals surface area (Å²) in [5.41, 5.74) is 1.45. The van der Waals surface area contributed by atoms with E-state index in [4.69, 9.17) is 0 Å². The fourth-order valence-corrected chi connectivity index (χ4v) is 5.08. The lowest BCUT2D eigenvalue weighted by Gasteiger charge is -2.48. The predicted octanol–water partition coefficient (Wildman–Crippen LogP) is 6.03. The Hall–Kier alpha value is -2.14. The normalized spacial score (nSPS) is 25.0. The lowest BCUT2D eigenvalue weighted by molar-refractivity contribution is -0.137. The minimum Gasteiger partial charge on any atom is -0.294 e. The number of carbonyl (C=O) groups is 1. The molecule has 0 saturated carbocycles. The number of Topliss-reactive ketones (excluding diaryl/α,β-unsaturated/α-hetero) is 1. The first-order valence-electron chi connectivity index (χ1n) is 10.3. The molecule has 5 heteroatoms. The van der Waals surface area contributed by atoms with Crippen LogP contribution in [0.5, 0.6) is 0 Å². The van der Waals surface area contributed by atoms with Crippen LogP contribution in [0.25, 0.3) is 0 Å². The minimum atomic E-state index is -4.38. The van der Waals surface area contributed by atoms with Crippen LogP contribution in [0.1, 0.15) is 59.2 Å². The SMILES string of the molecule is Cc1cc(C(F)(F)F)ccc1C(=O)C1CC2CCCC(C1)N2Cc1ccccc1. The highest BCUT2D eigenvalue weighted by molar-refractivity contribution is 5.99. The number of aryl methyl sites for hydroxylation is 1. The van der Waals surface area contributed by atoms with E-state index < -0.39 is 11.7 Å². The van der Waals surface area contributed by atoms with Crippen molar-refractivity contribution in [2.45, 2.75) is 63.8 Å². The van der Waals surface area contributed by atoms with Crippen LogP contribution in [0.15, 0.2) is 48.5 Å². The number of hydrogen-bond donors (Lipinski definition) is 0. The van der Waals surface area contributed by atoms with Gasteiger partial charge in [0.1, 0.15) is 0 Å². The third-order valence-electron chi connectivity index (χ3n) is 6.52. The van der Waals surface area contributed by atoms with Crippen molar-refractivity contribution < 1.29 is 18.0 Å². The van der Waals surface area contributed by atoms with Crippen molar-refractivity contribution in [3.63, 3.8) is 0 Å². The zero-order chi connectivity index (χ0) is 20.6. The number of carbonyl (C=O) groups excluding carboxylic acids is 1. The van der Waals surface area contributed by atoms with E-state index in [-0.39, 0.29) is 11.7 Å². The molecule has 154 valence electrons. The highest BCUT2D eigenvalue weighted by Gasteiger charge is 2.41. The maximum absolute atomic E-state index is 13.2. The number of alkyl halides is 3. The van der Waals surface area contributed by atoms with Gasteiger partial charge in [0.05, 0.1) is 5.56 Å². The van der Waals surface area contributed by atoms with E-state index in [1.165, 1.54) is 18.1 Å². The summed E-state index contributed by atoms with van der Waals surface area (Å²) in [5, 5.41) is 0. The van der Waals surface area contributed by atoms with Crippen LogP contribution in [-0.2, 0) is 12.7 Å². The Morgan fingerprint density at radius 1 is 1.03 bits per heavy atom. The number of rotatable bonds is 4. The number of nitrogens with zero attached hydrogens (tertiary/aromatic N) is 1. The monoisotopic (exact) mass is 401 g/mol. The quantitative estimate of drug-likeness (QED) is 0.583. The number of piperidine rings is 2. The van der Waals surface area contributed by atoms with Gasteiger partial charge in [0, 0.05) is 30.1 Å². The molecule has 2 aliphatic rings. The van der Waals surface area contributed by atoms with Gasteiger partial charge in [-0.05, 0) is 55.9 Å². The number of halogens is 3. The molecule has 29 heavy (non-hydrogen) atoms. The van der Waals surface area contributed by atoms with Crippen molar-refractivity contribution in [1.82, 2.24) is 4.90 Å². The molecule has 2 aromatic carbocycles. The van der Waals surface area contributed by atoms with Gasteiger partial charge in [0.2, 0.25) is 0 Å². The Morgan fingerprint density at radius 3 is 2.28 bits per heavy atom. The van der Waals surface area contributed by atoms with Crippen LogP contribution in [0.2, 0.25) is 0 Å². The fraction of sp³-hybridized carbons (Fsp3) is 0.458. The van der Waals surface area contributed by atoms with Gasteiger partial charge in [-0.3, -0.25) is 9.69 Å². The predicted molar refractivity (Wildman–Crippen MR) is 107 cm³/mol. The summed E-state index contributed by atoms with van der Waals surface area (Å²) in [7, 11) is 0. The van der Waals surface area contributed by atoms with Crippen molar-refractivity contribution in [1.29, 1.82) is 0 Å². The first kappa shape index (κ1) is 20.1. The molecular weight excluding hydrogens is 375 g/mol. The molecule has 2 nitrogen and oxygen atoms in total. The lowest BCUT2D eigenvalue weighted by Crippen LogP contribution is -2.52. The van der Waals surface area contributed by atoms with E-state index in [0.717, 1.165) is 44.4 Å². The van der Waals surface area contributed by atoms with E-state index in [1.54, 1.807) is 6.92 Å². The van der Waals surface area contributed by atoms with E-state index in [0.29, 0.717) is 23.2 Å². The fourth-order valence-electron chi connectivity index (χ4n) is 5.08. The third-order valence-corrected chi connectivity index (χ3v) is 6.52. The molecule has 2 aliphatic heterocycles. The first-order chi connectivity index (χ1) is 13.8. The Kier molecular flexibility index (Phi) is 5.52. The van der Waals surface area contributed by atoms with Gasteiger partial charge in [-0.25, -0.2) is 0 Å².